The van der Waals surface area contributed by atoms with Crippen LogP contribution in [0.25, 0.3) is 106 Å². The highest BCUT2D eigenvalue weighted by atomic mass is 16.3. The number of hydrogen-bond donors (Lipinski definition) is 0. The van der Waals surface area contributed by atoms with Crippen molar-refractivity contribution < 1.29 is 4.42 Å². The zero-order chi connectivity index (χ0) is 37.0. The van der Waals surface area contributed by atoms with E-state index >= 15 is 0 Å². The SMILES string of the molecule is c1ccc(-c2ccc(-n3c4ccccc4c4ccc5oc6c(-c7nc(-c8ccccc8)nc(-c8cccc(-c9ccccc9)c8)n7)cccc6c5c43)cc2)cc1. The van der Waals surface area contributed by atoms with E-state index in [0.29, 0.717) is 17.5 Å². The summed E-state index contributed by atoms with van der Waals surface area (Å²) in [6, 6.07) is 67.4. The molecular weight excluding hydrogens is 685 g/mol. The summed E-state index contributed by atoms with van der Waals surface area (Å²) < 4.78 is 9.24. The van der Waals surface area contributed by atoms with Gasteiger partial charge in [0.2, 0.25) is 0 Å². The van der Waals surface area contributed by atoms with Crippen LogP contribution >= 0.6 is 0 Å². The molecule has 0 fully saturated rings. The molecule has 11 rings (SSSR count). The van der Waals surface area contributed by atoms with Crippen LogP contribution in [0.5, 0.6) is 0 Å². The molecule has 0 aliphatic heterocycles. The molecular formula is C51H32N4O. The van der Waals surface area contributed by atoms with Gasteiger partial charge < -0.3 is 8.98 Å². The maximum Gasteiger partial charge on any atom is 0.167 e. The first-order valence-corrected chi connectivity index (χ1v) is 18.8. The van der Waals surface area contributed by atoms with E-state index in [1.165, 1.54) is 21.9 Å². The fraction of sp³-hybridized carbons (Fsp3) is 0. The third-order valence-electron chi connectivity index (χ3n) is 10.7. The Morgan fingerprint density at radius 2 is 0.929 bits per heavy atom. The number of nitrogens with zero attached hydrogens (tertiary/aromatic N) is 4. The monoisotopic (exact) mass is 716 g/mol. The molecule has 0 aliphatic carbocycles. The Hall–Kier alpha value is -7.63. The van der Waals surface area contributed by atoms with Gasteiger partial charge in [-0.25, -0.2) is 15.0 Å². The third kappa shape index (κ3) is 5.29. The van der Waals surface area contributed by atoms with E-state index in [4.69, 9.17) is 19.4 Å². The molecule has 0 spiro atoms. The number of rotatable bonds is 6. The van der Waals surface area contributed by atoms with Gasteiger partial charge in [-0.15, -0.1) is 0 Å². The maximum atomic E-state index is 6.86. The van der Waals surface area contributed by atoms with Gasteiger partial charge in [0.25, 0.3) is 0 Å². The lowest BCUT2D eigenvalue weighted by molar-refractivity contribution is 0.669. The maximum absolute atomic E-state index is 6.86. The van der Waals surface area contributed by atoms with E-state index < -0.39 is 0 Å². The second-order valence-corrected chi connectivity index (χ2v) is 14.0. The van der Waals surface area contributed by atoms with Crippen LogP contribution < -0.4 is 0 Å². The third-order valence-corrected chi connectivity index (χ3v) is 10.7. The number of aromatic nitrogens is 4. The molecule has 5 heteroatoms. The lowest BCUT2D eigenvalue weighted by Gasteiger charge is -2.10. The number of furan rings is 1. The Morgan fingerprint density at radius 1 is 0.375 bits per heavy atom. The number of fused-ring (bicyclic) bond motifs is 7. The molecule has 262 valence electrons. The van der Waals surface area contributed by atoms with E-state index in [2.05, 4.69) is 156 Å². The Morgan fingerprint density at radius 3 is 1.68 bits per heavy atom. The molecule has 0 saturated carbocycles. The highest BCUT2D eigenvalue weighted by molar-refractivity contribution is 6.25. The molecule has 0 atom stereocenters. The molecule has 0 radical (unpaired) electrons. The molecule has 56 heavy (non-hydrogen) atoms. The molecule has 3 heterocycles. The minimum atomic E-state index is 0.553. The predicted molar refractivity (Wildman–Crippen MR) is 229 cm³/mol. The summed E-state index contributed by atoms with van der Waals surface area (Å²) in [4.78, 5) is 15.3. The van der Waals surface area contributed by atoms with Crippen LogP contribution in [0, 0.1) is 0 Å². The van der Waals surface area contributed by atoms with Crippen molar-refractivity contribution in [3.05, 3.63) is 194 Å². The van der Waals surface area contributed by atoms with E-state index in [0.717, 1.165) is 66.5 Å². The molecule has 0 saturated heterocycles. The van der Waals surface area contributed by atoms with Crippen LogP contribution in [0.15, 0.2) is 199 Å². The zero-order valence-electron chi connectivity index (χ0n) is 30.2. The summed E-state index contributed by atoms with van der Waals surface area (Å²) in [5.41, 5.74) is 12.1. The summed E-state index contributed by atoms with van der Waals surface area (Å²) in [6.45, 7) is 0. The summed E-state index contributed by atoms with van der Waals surface area (Å²) in [6.07, 6.45) is 0. The summed E-state index contributed by atoms with van der Waals surface area (Å²) in [5.74, 6) is 1.75. The van der Waals surface area contributed by atoms with Gasteiger partial charge in [-0.3, -0.25) is 0 Å². The minimum Gasteiger partial charge on any atom is -0.455 e. The quantitative estimate of drug-likeness (QED) is 0.172. The Labute approximate surface area is 322 Å². The van der Waals surface area contributed by atoms with Gasteiger partial charge in [0, 0.05) is 33.0 Å². The lowest BCUT2D eigenvalue weighted by atomic mass is 10.0. The fourth-order valence-corrected chi connectivity index (χ4v) is 8.03. The predicted octanol–water partition coefficient (Wildman–Crippen LogP) is 13.2. The largest absolute Gasteiger partial charge is 0.455 e. The van der Waals surface area contributed by atoms with Crippen molar-refractivity contribution >= 4 is 43.7 Å². The first-order chi connectivity index (χ1) is 27.8. The van der Waals surface area contributed by atoms with E-state index in [-0.39, 0.29) is 0 Å². The zero-order valence-corrected chi connectivity index (χ0v) is 30.2. The van der Waals surface area contributed by atoms with Gasteiger partial charge in [0.15, 0.2) is 17.5 Å². The van der Waals surface area contributed by atoms with Gasteiger partial charge in [-0.05, 0) is 64.7 Å². The lowest BCUT2D eigenvalue weighted by Crippen LogP contribution is -2.00. The highest BCUT2D eigenvalue weighted by Crippen LogP contribution is 2.43. The first kappa shape index (κ1) is 31.9. The van der Waals surface area contributed by atoms with E-state index in [9.17, 15) is 0 Å². The fourth-order valence-electron chi connectivity index (χ4n) is 8.03. The molecule has 11 aromatic rings. The molecule has 0 unspecified atom stereocenters. The van der Waals surface area contributed by atoms with Gasteiger partial charge >= 0.3 is 0 Å². The molecule has 3 aromatic heterocycles. The van der Waals surface area contributed by atoms with Gasteiger partial charge in [0.1, 0.15) is 11.2 Å². The summed E-state index contributed by atoms with van der Waals surface area (Å²) >= 11 is 0. The first-order valence-electron chi connectivity index (χ1n) is 18.8. The van der Waals surface area contributed by atoms with Crippen LogP contribution in [-0.4, -0.2) is 19.5 Å². The van der Waals surface area contributed by atoms with Crippen molar-refractivity contribution in [1.82, 2.24) is 19.5 Å². The standard InChI is InChI=1S/C51H32N4O/c1-4-14-33(15-5-1)35-26-28-39(29-27-35)55-44-25-11-10-22-40(44)41-30-31-45-46(47(41)55)42-23-13-24-43(48(42)56-45)51-53-49(36-18-8-3-9-19-36)52-50(54-51)38-21-12-20-37(32-38)34-16-6-2-7-17-34/h1-32H. The van der Waals surface area contributed by atoms with Crippen LogP contribution in [-0.2, 0) is 0 Å². The van der Waals surface area contributed by atoms with E-state index in [1.807, 2.05) is 42.5 Å². The van der Waals surface area contributed by atoms with Crippen LogP contribution in [0.4, 0.5) is 0 Å². The Kier molecular flexibility index (Phi) is 7.42. The van der Waals surface area contributed by atoms with Gasteiger partial charge in [0.05, 0.1) is 22.0 Å². The van der Waals surface area contributed by atoms with Gasteiger partial charge in [-0.1, -0.05) is 152 Å². The van der Waals surface area contributed by atoms with Crippen molar-refractivity contribution in [3.8, 4) is 62.1 Å². The van der Waals surface area contributed by atoms with Crippen molar-refractivity contribution in [1.29, 1.82) is 0 Å². The second kappa shape index (κ2) is 13.0. The van der Waals surface area contributed by atoms with Crippen LogP contribution in [0.3, 0.4) is 0 Å². The van der Waals surface area contributed by atoms with E-state index in [1.54, 1.807) is 0 Å². The van der Waals surface area contributed by atoms with Crippen LogP contribution in [0.1, 0.15) is 0 Å². The number of hydrogen-bond acceptors (Lipinski definition) is 4. The summed E-state index contributed by atoms with van der Waals surface area (Å²) in [5, 5.41) is 4.41. The van der Waals surface area contributed by atoms with Crippen molar-refractivity contribution in [2.45, 2.75) is 0 Å². The topological polar surface area (TPSA) is 56.7 Å². The van der Waals surface area contributed by atoms with Gasteiger partial charge in [-0.2, -0.15) is 0 Å². The second-order valence-electron chi connectivity index (χ2n) is 14.0. The normalized spacial score (nSPS) is 11.6. The smallest absolute Gasteiger partial charge is 0.167 e. The van der Waals surface area contributed by atoms with Crippen molar-refractivity contribution in [2.24, 2.45) is 0 Å². The highest BCUT2D eigenvalue weighted by Gasteiger charge is 2.22. The molecule has 0 bridgehead atoms. The van der Waals surface area contributed by atoms with Crippen LogP contribution in [0.2, 0.25) is 0 Å². The Bertz CT molecular complexity index is 3220. The molecule has 0 aliphatic rings. The average Bonchev–Trinajstić information content (AvgIpc) is 3.83. The molecule has 5 nitrogen and oxygen atoms in total. The molecule has 8 aromatic carbocycles. The molecule has 0 N–H and O–H groups in total. The molecule has 0 amide bonds. The Balaban J connectivity index is 1.13. The number of benzene rings is 8. The number of para-hydroxylation sites is 2. The van der Waals surface area contributed by atoms with Crippen molar-refractivity contribution in [3.63, 3.8) is 0 Å². The minimum absolute atomic E-state index is 0.553. The average molecular weight is 717 g/mol. The van der Waals surface area contributed by atoms with Crippen molar-refractivity contribution in [2.75, 3.05) is 0 Å². The summed E-state index contributed by atoms with van der Waals surface area (Å²) in [7, 11) is 0.